The molecule has 2 aromatic heterocycles. The second-order valence-electron chi connectivity index (χ2n) is 10.1. The normalized spacial score (nSPS) is 28.2. The predicted molar refractivity (Wildman–Crippen MR) is 131 cm³/mol. The SMILES string of the molecule is Cc1c(C(=O)N2CCC(N3CCOCC3)CC2)sc2ncnc(NC[C@@H]3C[C@H]4C=C[C@@H]3C4)c12. The Morgan fingerprint density at radius 1 is 1.15 bits per heavy atom. The van der Waals surface area contributed by atoms with Crippen molar-refractivity contribution in [2.24, 2.45) is 17.8 Å². The fourth-order valence-corrected chi connectivity index (χ4v) is 7.40. The van der Waals surface area contributed by atoms with E-state index in [0.717, 1.165) is 91.2 Å². The maximum absolute atomic E-state index is 13.5. The van der Waals surface area contributed by atoms with Gasteiger partial charge in [0.25, 0.3) is 5.91 Å². The van der Waals surface area contributed by atoms with Gasteiger partial charge in [0.1, 0.15) is 17.0 Å². The molecular formula is C25H33N5O2S. The number of fused-ring (bicyclic) bond motifs is 3. The number of nitrogens with one attached hydrogen (secondary N) is 1. The summed E-state index contributed by atoms with van der Waals surface area (Å²) in [6.07, 6.45) is 11.1. The molecule has 1 amide bonds. The number of morpholine rings is 1. The zero-order chi connectivity index (χ0) is 22.4. The lowest BCUT2D eigenvalue weighted by molar-refractivity contribution is 0.00163. The standard InChI is InChI=1S/C25H33N5O2S/c1-16-21-23(26-14-19-13-17-2-3-18(19)12-17)27-15-28-24(21)33-22(16)25(31)30-6-4-20(5-7-30)29-8-10-32-11-9-29/h2-3,15,17-20H,4-14H2,1H3,(H,26,27,28)/t17-,18+,19-/m0/s1. The molecule has 6 rings (SSSR count). The molecule has 1 N–H and O–H groups in total. The van der Waals surface area contributed by atoms with E-state index in [1.54, 1.807) is 6.33 Å². The maximum atomic E-state index is 13.5. The molecule has 1 saturated carbocycles. The van der Waals surface area contributed by atoms with E-state index < -0.39 is 0 Å². The summed E-state index contributed by atoms with van der Waals surface area (Å²) in [5, 5.41) is 4.63. The van der Waals surface area contributed by atoms with Crippen LogP contribution in [0.3, 0.4) is 0 Å². The Hall–Kier alpha value is -2.03. The Morgan fingerprint density at radius 2 is 1.97 bits per heavy atom. The highest BCUT2D eigenvalue weighted by molar-refractivity contribution is 7.20. The Bertz CT molecular complexity index is 1050. The Morgan fingerprint density at radius 3 is 2.70 bits per heavy atom. The van der Waals surface area contributed by atoms with Gasteiger partial charge in [-0.1, -0.05) is 12.2 Å². The van der Waals surface area contributed by atoms with Crippen LogP contribution >= 0.6 is 11.3 Å². The molecule has 2 aliphatic heterocycles. The van der Waals surface area contributed by atoms with Gasteiger partial charge in [0, 0.05) is 38.8 Å². The van der Waals surface area contributed by atoms with Crippen molar-refractivity contribution in [1.29, 1.82) is 0 Å². The van der Waals surface area contributed by atoms with Crippen molar-refractivity contribution < 1.29 is 9.53 Å². The number of nitrogens with zero attached hydrogens (tertiary/aromatic N) is 4. The molecule has 2 saturated heterocycles. The summed E-state index contributed by atoms with van der Waals surface area (Å²) in [6.45, 7) is 8.33. The third-order valence-corrected chi connectivity index (χ3v) is 9.37. The van der Waals surface area contributed by atoms with Gasteiger partial charge < -0.3 is 15.0 Å². The van der Waals surface area contributed by atoms with Crippen LogP contribution in [0.25, 0.3) is 10.2 Å². The molecule has 3 atom stereocenters. The highest BCUT2D eigenvalue weighted by Gasteiger charge is 2.35. The van der Waals surface area contributed by atoms with E-state index in [9.17, 15) is 4.79 Å². The Labute approximate surface area is 199 Å². The van der Waals surface area contributed by atoms with E-state index in [-0.39, 0.29) is 5.91 Å². The number of anilines is 1. The number of piperidine rings is 1. The van der Waals surface area contributed by atoms with Gasteiger partial charge in [0.15, 0.2) is 0 Å². The quantitative estimate of drug-likeness (QED) is 0.678. The number of amides is 1. The first-order valence-corrected chi connectivity index (χ1v) is 13.3. The van der Waals surface area contributed by atoms with Gasteiger partial charge in [-0.3, -0.25) is 9.69 Å². The smallest absolute Gasteiger partial charge is 0.264 e. The van der Waals surface area contributed by atoms with Crippen LogP contribution in [0.1, 0.15) is 40.9 Å². The monoisotopic (exact) mass is 467 g/mol. The highest BCUT2D eigenvalue weighted by Crippen LogP contribution is 2.43. The molecule has 0 unspecified atom stereocenters. The molecule has 176 valence electrons. The number of carbonyl (C=O) groups excluding carboxylic acids is 1. The van der Waals surface area contributed by atoms with Crippen LogP contribution < -0.4 is 5.32 Å². The summed E-state index contributed by atoms with van der Waals surface area (Å²) in [6, 6.07) is 0.573. The molecular weight excluding hydrogens is 434 g/mol. The van der Waals surface area contributed by atoms with Crippen molar-refractivity contribution in [3.63, 3.8) is 0 Å². The van der Waals surface area contributed by atoms with Crippen LogP contribution in [0, 0.1) is 24.7 Å². The zero-order valence-electron chi connectivity index (χ0n) is 19.3. The minimum atomic E-state index is 0.153. The number of hydrogen-bond donors (Lipinski definition) is 1. The minimum absolute atomic E-state index is 0.153. The number of thiophene rings is 1. The van der Waals surface area contributed by atoms with E-state index in [0.29, 0.717) is 17.9 Å². The van der Waals surface area contributed by atoms with Crippen molar-refractivity contribution in [3.8, 4) is 0 Å². The lowest BCUT2D eigenvalue weighted by Crippen LogP contribution is -2.50. The van der Waals surface area contributed by atoms with Gasteiger partial charge in [0.05, 0.1) is 23.5 Å². The number of carbonyl (C=O) groups is 1. The Kier molecular flexibility index (Phi) is 5.84. The molecule has 7 nitrogen and oxygen atoms in total. The third kappa shape index (κ3) is 4.06. The van der Waals surface area contributed by atoms with E-state index in [2.05, 4.69) is 39.3 Å². The van der Waals surface area contributed by atoms with Crippen LogP contribution in [0.4, 0.5) is 5.82 Å². The first-order valence-electron chi connectivity index (χ1n) is 12.4. The molecule has 8 heteroatoms. The maximum Gasteiger partial charge on any atom is 0.264 e. The second kappa shape index (κ2) is 8.96. The summed E-state index contributed by atoms with van der Waals surface area (Å²) in [4.78, 5) is 28.8. The third-order valence-electron chi connectivity index (χ3n) is 8.18. The number of hydrogen-bond acceptors (Lipinski definition) is 7. The fourth-order valence-electron chi connectivity index (χ4n) is 6.29. The van der Waals surface area contributed by atoms with Crippen molar-refractivity contribution in [3.05, 3.63) is 28.9 Å². The number of aromatic nitrogens is 2. The van der Waals surface area contributed by atoms with Gasteiger partial charge in [-0.05, 0) is 55.9 Å². The largest absolute Gasteiger partial charge is 0.379 e. The lowest BCUT2D eigenvalue weighted by atomic mass is 9.93. The summed E-state index contributed by atoms with van der Waals surface area (Å²) >= 11 is 1.52. The van der Waals surface area contributed by atoms with Crippen LogP contribution in [-0.4, -0.2) is 77.7 Å². The molecule has 4 heterocycles. The molecule has 33 heavy (non-hydrogen) atoms. The van der Waals surface area contributed by atoms with Crippen LogP contribution in [0.2, 0.25) is 0 Å². The molecule has 0 aromatic carbocycles. The first-order chi connectivity index (χ1) is 16.2. The number of rotatable bonds is 5. The van der Waals surface area contributed by atoms with Crippen LogP contribution in [-0.2, 0) is 4.74 Å². The summed E-state index contributed by atoms with van der Waals surface area (Å²) in [7, 11) is 0. The van der Waals surface area contributed by atoms with E-state index in [1.807, 2.05) is 4.90 Å². The molecule has 2 bridgehead atoms. The summed E-state index contributed by atoms with van der Waals surface area (Å²) < 4.78 is 5.49. The first kappa shape index (κ1) is 21.5. The summed E-state index contributed by atoms with van der Waals surface area (Å²) in [5.41, 5.74) is 1.02. The molecule has 4 aliphatic rings. The van der Waals surface area contributed by atoms with Crippen molar-refractivity contribution in [2.45, 2.75) is 38.6 Å². The minimum Gasteiger partial charge on any atom is -0.379 e. The highest BCUT2D eigenvalue weighted by atomic mass is 32.1. The molecule has 0 spiro atoms. The van der Waals surface area contributed by atoms with Gasteiger partial charge in [-0.15, -0.1) is 11.3 Å². The summed E-state index contributed by atoms with van der Waals surface area (Å²) in [5.74, 6) is 3.19. The number of allylic oxidation sites excluding steroid dienone is 2. The predicted octanol–water partition coefficient (Wildman–Crippen LogP) is 3.56. The van der Waals surface area contributed by atoms with Crippen LogP contribution in [0.15, 0.2) is 18.5 Å². The average molecular weight is 468 g/mol. The van der Waals surface area contributed by atoms with Gasteiger partial charge in [-0.25, -0.2) is 9.97 Å². The van der Waals surface area contributed by atoms with Gasteiger partial charge >= 0.3 is 0 Å². The van der Waals surface area contributed by atoms with Crippen molar-refractivity contribution in [2.75, 3.05) is 51.3 Å². The fraction of sp³-hybridized carbons (Fsp3) is 0.640. The van der Waals surface area contributed by atoms with Gasteiger partial charge in [-0.2, -0.15) is 0 Å². The lowest BCUT2D eigenvalue weighted by Gasteiger charge is -2.40. The molecule has 0 radical (unpaired) electrons. The number of aryl methyl sites for hydroxylation is 1. The molecule has 2 aliphatic carbocycles. The van der Waals surface area contributed by atoms with Crippen molar-refractivity contribution >= 4 is 33.3 Å². The zero-order valence-corrected chi connectivity index (χ0v) is 20.1. The van der Waals surface area contributed by atoms with E-state index >= 15 is 0 Å². The number of likely N-dealkylation sites (tertiary alicyclic amines) is 1. The molecule has 3 fully saturated rings. The molecule has 2 aromatic rings. The van der Waals surface area contributed by atoms with Gasteiger partial charge in [0.2, 0.25) is 0 Å². The number of ether oxygens (including phenoxy) is 1. The van der Waals surface area contributed by atoms with Crippen LogP contribution in [0.5, 0.6) is 0 Å². The second-order valence-corrected chi connectivity index (χ2v) is 11.1. The van der Waals surface area contributed by atoms with E-state index in [1.165, 1.54) is 24.2 Å². The van der Waals surface area contributed by atoms with E-state index in [4.69, 9.17) is 4.74 Å². The Balaban J connectivity index is 1.15. The topological polar surface area (TPSA) is 70.6 Å². The average Bonchev–Trinajstić information content (AvgIpc) is 3.58. The van der Waals surface area contributed by atoms with Crippen molar-refractivity contribution in [1.82, 2.24) is 19.8 Å².